The van der Waals surface area contributed by atoms with E-state index in [9.17, 15) is 4.79 Å². The number of benzene rings is 1. The highest BCUT2D eigenvalue weighted by molar-refractivity contribution is 5.67. The molecule has 1 heterocycles. The van der Waals surface area contributed by atoms with Crippen molar-refractivity contribution in [2.75, 3.05) is 24.5 Å². The topological polar surface area (TPSA) is 41.6 Å². The number of hydrogen-bond acceptors (Lipinski definition) is 3. The summed E-state index contributed by atoms with van der Waals surface area (Å²) in [4.78, 5) is 14.0. The summed E-state index contributed by atoms with van der Waals surface area (Å²) < 4.78 is 5.20. The Labute approximate surface area is 145 Å². The van der Waals surface area contributed by atoms with Gasteiger partial charge in [-0.1, -0.05) is 24.0 Å². The van der Waals surface area contributed by atoms with Gasteiger partial charge in [0.15, 0.2) is 0 Å². The molecule has 1 aliphatic heterocycles. The van der Waals surface area contributed by atoms with Crippen molar-refractivity contribution < 1.29 is 9.53 Å². The quantitative estimate of drug-likeness (QED) is 0.675. The SMILES string of the molecule is CC(C)(C)OC(=O)NCCC#Cc1ccccc1N1CCCCC1. The summed E-state index contributed by atoms with van der Waals surface area (Å²) in [6.07, 6.45) is 4.04. The summed E-state index contributed by atoms with van der Waals surface area (Å²) in [5.74, 6) is 6.40. The van der Waals surface area contributed by atoms with Gasteiger partial charge in [-0.05, 0) is 52.2 Å². The molecule has 0 atom stereocenters. The molecule has 24 heavy (non-hydrogen) atoms. The van der Waals surface area contributed by atoms with Crippen molar-refractivity contribution in [3.8, 4) is 11.8 Å². The Morgan fingerprint density at radius 3 is 2.62 bits per heavy atom. The van der Waals surface area contributed by atoms with Crippen LogP contribution in [0.1, 0.15) is 52.0 Å². The van der Waals surface area contributed by atoms with Gasteiger partial charge in [-0.2, -0.15) is 0 Å². The molecule has 0 saturated carbocycles. The number of piperidine rings is 1. The molecule has 4 heteroatoms. The van der Waals surface area contributed by atoms with Crippen LogP contribution >= 0.6 is 0 Å². The Balaban J connectivity index is 1.86. The second-order valence-electron chi connectivity index (χ2n) is 7.05. The van der Waals surface area contributed by atoms with Gasteiger partial charge in [-0.15, -0.1) is 0 Å². The number of alkyl carbamates (subject to hydrolysis) is 1. The van der Waals surface area contributed by atoms with Crippen LogP contribution in [0.4, 0.5) is 10.5 Å². The largest absolute Gasteiger partial charge is 0.444 e. The summed E-state index contributed by atoms with van der Waals surface area (Å²) >= 11 is 0. The highest BCUT2D eigenvalue weighted by Crippen LogP contribution is 2.23. The average Bonchev–Trinajstić information content (AvgIpc) is 2.54. The summed E-state index contributed by atoms with van der Waals surface area (Å²) in [6, 6.07) is 8.31. The van der Waals surface area contributed by atoms with Gasteiger partial charge in [0, 0.05) is 31.6 Å². The van der Waals surface area contributed by atoms with Crippen LogP contribution in [0.2, 0.25) is 0 Å². The first-order chi connectivity index (χ1) is 11.5. The molecule has 1 fully saturated rings. The number of nitrogens with zero attached hydrogens (tertiary/aromatic N) is 1. The maximum atomic E-state index is 11.6. The molecule has 1 amide bonds. The van der Waals surface area contributed by atoms with E-state index in [1.165, 1.54) is 24.9 Å². The van der Waals surface area contributed by atoms with Gasteiger partial charge < -0.3 is 15.0 Å². The van der Waals surface area contributed by atoms with E-state index in [0.29, 0.717) is 13.0 Å². The van der Waals surface area contributed by atoms with Gasteiger partial charge in [-0.25, -0.2) is 4.79 Å². The smallest absolute Gasteiger partial charge is 0.407 e. The van der Waals surface area contributed by atoms with Crippen molar-refractivity contribution in [2.24, 2.45) is 0 Å². The summed E-state index contributed by atoms with van der Waals surface area (Å²) in [5.41, 5.74) is 1.82. The molecule has 1 aromatic carbocycles. The lowest BCUT2D eigenvalue weighted by atomic mass is 10.1. The Kier molecular flexibility index (Phi) is 6.54. The van der Waals surface area contributed by atoms with Crippen LogP contribution < -0.4 is 10.2 Å². The number of carbonyl (C=O) groups excluding carboxylic acids is 1. The molecule has 130 valence electrons. The molecule has 0 spiro atoms. The molecular formula is C20H28N2O2. The monoisotopic (exact) mass is 328 g/mol. The minimum absolute atomic E-state index is 0.391. The zero-order valence-corrected chi connectivity index (χ0v) is 15.0. The normalized spacial score (nSPS) is 14.5. The van der Waals surface area contributed by atoms with Crippen molar-refractivity contribution in [3.63, 3.8) is 0 Å². The van der Waals surface area contributed by atoms with Gasteiger partial charge in [-0.3, -0.25) is 0 Å². The maximum Gasteiger partial charge on any atom is 0.407 e. The van der Waals surface area contributed by atoms with E-state index in [1.54, 1.807) is 0 Å². The fraction of sp³-hybridized carbons (Fsp3) is 0.550. The number of nitrogens with one attached hydrogen (secondary N) is 1. The third-order valence-corrected chi connectivity index (χ3v) is 3.74. The fourth-order valence-corrected chi connectivity index (χ4v) is 2.69. The molecule has 0 unspecified atom stereocenters. The first-order valence-corrected chi connectivity index (χ1v) is 8.75. The molecule has 0 aliphatic carbocycles. The molecule has 1 N–H and O–H groups in total. The first kappa shape index (κ1) is 18.2. The van der Waals surface area contributed by atoms with Crippen molar-refractivity contribution in [1.29, 1.82) is 0 Å². The van der Waals surface area contributed by atoms with Crippen LogP contribution in [0.5, 0.6) is 0 Å². The predicted octanol–water partition coefficient (Wildman–Crippen LogP) is 3.94. The van der Waals surface area contributed by atoms with Crippen LogP contribution in [0.25, 0.3) is 0 Å². The molecule has 0 radical (unpaired) electrons. The highest BCUT2D eigenvalue weighted by atomic mass is 16.6. The Morgan fingerprint density at radius 1 is 1.21 bits per heavy atom. The van der Waals surface area contributed by atoms with Crippen LogP contribution in [0, 0.1) is 11.8 Å². The number of anilines is 1. The number of amides is 1. The average molecular weight is 328 g/mol. The summed E-state index contributed by atoms with van der Waals surface area (Å²) in [7, 11) is 0. The molecule has 1 aliphatic rings. The van der Waals surface area contributed by atoms with Crippen molar-refractivity contribution in [3.05, 3.63) is 29.8 Å². The Bertz CT molecular complexity index is 602. The van der Waals surface area contributed by atoms with E-state index >= 15 is 0 Å². The lowest BCUT2D eigenvalue weighted by Crippen LogP contribution is -2.32. The van der Waals surface area contributed by atoms with Crippen LogP contribution in [0.3, 0.4) is 0 Å². The van der Waals surface area contributed by atoms with Crippen molar-refractivity contribution in [1.82, 2.24) is 5.32 Å². The maximum absolute atomic E-state index is 11.6. The van der Waals surface area contributed by atoms with E-state index in [0.717, 1.165) is 18.7 Å². The molecular weight excluding hydrogens is 300 g/mol. The number of para-hydroxylation sites is 1. The lowest BCUT2D eigenvalue weighted by Gasteiger charge is -2.29. The number of rotatable bonds is 3. The zero-order valence-electron chi connectivity index (χ0n) is 15.0. The van der Waals surface area contributed by atoms with Crippen molar-refractivity contribution in [2.45, 2.75) is 52.1 Å². The number of ether oxygens (including phenoxy) is 1. The highest BCUT2D eigenvalue weighted by Gasteiger charge is 2.15. The molecule has 4 nitrogen and oxygen atoms in total. The van der Waals surface area contributed by atoms with E-state index in [-0.39, 0.29) is 0 Å². The van der Waals surface area contributed by atoms with Gasteiger partial charge in [0.2, 0.25) is 0 Å². The molecule has 0 bridgehead atoms. The Morgan fingerprint density at radius 2 is 1.92 bits per heavy atom. The third kappa shape index (κ3) is 6.16. The van der Waals surface area contributed by atoms with Gasteiger partial charge in [0.05, 0.1) is 5.69 Å². The third-order valence-electron chi connectivity index (χ3n) is 3.74. The minimum atomic E-state index is -0.469. The van der Waals surface area contributed by atoms with Crippen LogP contribution in [0.15, 0.2) is 24.3 Å². The first-order valence-electron chi connectivity index (χ1n) is 8.75. The molecule has 2 rings (SSSR count). The van der Waals surface area contributed by atoms with Gasteiger partial charge in [0.25, 0.3) is 0 Å². The molecule has 1 aromatic rings. The summed E-state index contributed by atoms with van der Waals surface area (Å²) in [5, 5.41) is 2.73. The molecule has 1 saturated heterocycles. The zero-order chi connectivity index (χ0) is 17.4. The van der Waals surface area contributed by atoms with Gasteiger partial charge in [0.1, 0.15) is 5.60 Å². The number of hydrogen-bond donors (Lipinski definition) is 1. The van der Waals surface area contributed by atoms with E-state index in [1.807, 2.05) is 26.8 Å². The van der Waals surface area contributed by atoms with Crippen LogP contribution in [-0.4, -0.2) is 31.3 Å². The second-order valence-corrected chi connectivity index (χ2v) is 7.05. The van der Waals surface area contributed by atoms with E-state index in [2.05, 4.69) is 40.3 Å². The predicted molar refractivity (Wildman–Crippen MR) is 98.2 cm³/mol. The molecule has 0 aromatic heterocycles. The minimum Gasteiger partial charge on any atom is -0.444 e. The second kappa shape index (κ2) is 8.63. The Hall–Kier alpha value is -2.15. The van der Waals surface area contributed by atoms with E-state index in [4.69, 9.17) is 4.74 Å². The fourth-order valence-electron chi connectivity index (χ4n) is 2.69. The van der Waals surface area contributed by atoms with Crippen molar-refractivity contribution >= 4 is 11.8 Å². The van der Waals surface area contributed by atoms with Gasteiger partial charge >= 0.3 is 6.09 Å². The number of carbonyl (C=O) groups is 1. The summed E-state index contributed by atoms with van der Waals surface area (Å²) in [6.45, 7) is 8.27. The van der Waals surface area contributed by atoms with Crippen LogP contribution in [-0.2, 0) is 4.74 Å². The lowest BCUT2D eigenvalue weighted by molar-refractivity contribution is 0.0529. The standard InChI is InChI=1S/C20H28N2O2/c1-20(2,3)24-19(23)21-14-8-7-12-17-11-5-6-13-18(17)22-15-9-4-10-16-22/h5-6,11,13H,4,8-10,14-16H2,1-3H3,(H,21,23). The van der Waals surface area contributed by atoms with E-state index < -0.39 is 11.7 Å².